The van der Waals surface area contributed by atoms with Crippen LogP contribution in [-0.2, 0) is 14.4 Å². The summed E-state index contributed by atoms with van der Waals surface area (Å²) in [6.45, 7) is 2.24. The minimum absolute atomic E-state index is 0.0670. The Morgan fingerprint density at radius 2 is 1.74 bits per heavy atom. The number of rotatable bonds is 9. The van der Waals surface area contributed by atoms with Crippen LogP contribution in [0, 0.1) is 5.92 Å². The summed E-state index contributed by atoms with van der Waals surface area (Å²) in [5.74, 6) is -0.650. The lowest BCUT2D eigenvalue weighted by atomic mass is 9.83. The molecule has 10 heteroatoms. The molecule has 0 aromatic heterocycles. The van der Waals surface area contributed by atoms with Crippen molar-refractivity contribution in [3.05, 3.63) is 40.9 Å². The Morgan fingerprint density at radius 3 is 2.37 bits per heavy atom. The molecule has 0 spiro atoms. The Hall–Kier alpha value is -2.56. The summed E-state index contributed by atoms with van der Waals surface area (Å²) in [4.78, 5) is 41.4. The van der Waals surface area contributed by atoms with Gasteiger partial charge in [-0.25, -0.2) is 0 Å². The van der Waals surface area contributed by atoms with Crippen molar-refractivity contribution in [2.45, 2.75) is 70.0 Å². The predicted octanol–water partition coefficient (Wildman–Crippen LogP) is 1.66. The van der Waals surface area contributed by atoms with Gasteiger partial charge in [0.2, 0.25) is 17.7 Å². The molecule has 1 heterocycles. The maximum atomic E-state index is 13.8. The molecule has 7 N–H and O–H groups in total. The first kappa shape index (κ1) is 27.0. The van der Waals surface area contributed by atoms with Gasteiger partial charge < -0.3 is 26.6 Å². The maximum absolute atomic E-state index is 13.8. The van der Waals surface area contributed by atoms with Crippen molar-refractivity contribution in [3.63, 3.8) is 0 Å². The van der Waals surface area contributed by atoms with Gasteiger partial charge in [-0.05, 0) is 57.5 Å². The van der Waals surface area contributed by atoms with Gasteiger partial charge in [-0.2, -0.15) is 0 Å². The number of likely N-dealkylation sites (N-methyl/N-ethyl adjacent to an activating group) is 1. The molecule has 1 aromatic carbocycles. The van der Waals surface area contributed by atoms with Crippen molar-refractivity contribution < 1.29 is 14.4 Å². The zero-order chi connectivity index (χ0) is 25.4. The third-order valence-electron chi connectivity index (χ3n) is 7.03. The summed E-state index contributed by atoms with van der Waals surface area (Å²) in [6.07, 6.45) is 6.25. The Balaban J connectivity index is 1.78. The second kappa shape index (κ2) is 12.9. The molecule has 1 aliphatic heterocycles. The predicted molar refractivity (Wildman–Crippen MR) is 139 cm³/mol. The monoisotopic (exact) mass is 502 g/mol. The molecule has 1 saturated carbocycles. The van der Waals surface area contributed by atoms with Gasteiger partial charge in [-0.3, -0.25) is 19.5 Å². The van der Waals surface area contributed by atoms with Crippen LogP contribution in [0.5, 0.6) is 0 Å². The Morgan fingerprint density at radius 1 is 1.06 bits per heavy atom. The summed E-state index contributed by atoms with van der Waals surface area (Å²) in [7, 11) is 1.71. The molecular formula is C25H38N6O3S. The van der Waals surface area contributed by atoms with Crippen LogP contribution in [0.4, 0.5) is 0 Å². The Kier molecular flexibility index (Phi) is 10.00. The molecular weight excluding hydrogens is 464 g/mol. The summed E-state index contributed by atoms with van der Waals surface area (Å²) in [5.41, 5.74) is 7.38. The van der Waals surface area contributed by atoms with E-state index in [1.165, 1.54) is 0 Å². The van der Waals surface area contributed by atoms with Gasteiger partial charge in [0.05, 0.1) is 11.7 Å². The van der Waals surface area contributed by atoms with E-state index in [2.05, 4.69) is 16.0 Å². The van der Waals surface area contributed by atoms with Gasteiger partial charge in [0, 0.05) is 12.1 Å². The van der Waals surface area contributed by atoms with E-state index in [9.17, 15) is 14.4 Å². The number of carbonyl (C=O) groups is 3. The fourth-order valence-electron chi connectivity index (χ4n) is 4.84. The standard InChI is InChI=1S/C25H38N6O3S/c1-16(28-2)22(32)29-21(18-12-7-4-8-13-18)25(34)31-15-9-14-19(31)23(33)30-24(35-27)20(26)17-10-5-3-6-11-17/h3,5-6,10-11,16,18-19,21,28H,4,7-9,12-15,26-27H2,1-2H3,(H,29,32)(H,30,33)/b24-20-. The number of nitrogens with two attached hydrogens (primary N) is 2. The second-order valence-corrected chi connectivity index (χ2v) is 9.94. The molecule has 35 heavy (non-hydrogen) atoms. The number of amides is 3. The average molecular weight is 503 g/mol. The van der Waals surface area contributed by atoms with Gasteiger partial charge in [-0.15, -0.1) is 0 Å². The summed E-state index contributed by atoms with van der Waals surface area (Å²) >= 11 is 0.868. The van der Waals surface area contributed by atoms with Gasteiger partial charge in [0.1, 0.15) is 17.1 Å². The van der Waals surface area contributed by atoms with Crippen molar-refractivity contribution in [3.8, 4) is 0 Å². The van der Waals surface area contributed by atoms with E-state index in [0.717, 1.165) is 49.6 Å². The van der Waals surface area contributed by atoms with Gasteiger partial charge in [0.15, 0.2) is 0 Å². The first-order valence-corrected chi connectivity index (χ1v) is 13.3. The van der Waals surface area contributed by atoms with E-state index in [4.69, 9.17) is 10.9 Å². The quantitative estimate of drug-likeness (QED) is 0.323. The molecule has 2 fully saturated rings. The average Bonchev–Trinajstić information content (AvgIpc) is 3.40. The summed E-state index contributed by atoms with van der Waals surface area (Å²) in [5, 5.41) is 14.9. The van der Waals surface area contributed by atoms with Crippen molar-refractivity contribution in [2.24, 2.45) is 16.8 Å². The van der Waals surface area contributed by atoms with E-state index in [-0.39, 0.29) is 23.6 Å². The zero-order valence-corrected chi connectivity index (χ0v) is 21.4. The number of likely N-dealkylation sites (tertiary alicyclic amines) is 1. The number of nitrogens with zero attached hydrogens (tertiary/aromatic N) is 1. The molecule has 0 bridgehead atoms. The molecule has 1 aromatic rings. The summed E-state index contributed by atoms with van der Waals surface area (Å²) < 4.78 is 0. The topological polar surface area (TPSA) is 143 Å². The number of nitrogens with one attached hydrogen (secondary N) is 3. The largest absolute Gasteiger partial charge is 0.396 e. The van der Waals surface area contributed by atoms with Crippen molar-refractivity contribution >= 4 is 35.4 Å². The van der Waals surface area contributed by atoms with E-state index < -0.39 is 18.1 Å². The fraction of sp³-hybridized carbons (Fsp3) is 0.560. The van der Waals surface area contributed by atoms with Crippen LogP contribution in [0.3, 0.4) is 0 Å². The van der Waals surface area contributed by atoms with Crippen LogP contribution in [0.15, 0.2) is 35.4 Å². The molecule has 2 aliphatic rings. The zero-order valence-electron chi connectivity index (χ0n) is 20.6. The van der Waals surface area contributed by atoms with Crippen LogP contribution in [0.2, 0.25) is 0 Å². The molecule has 3 amide bonds. The molecule has 9 nitrogen and oxygen atoms in total. The van der Waals surface area contributed by atoms with E-state index in [1.54, 1.807) is 18.9 Å². The molecule has 1 saturated heterocycles. The Labute approximate surface area is 211 Å². The van der Waals surface area contributed by atoms with Gasteiger partial charge in [-0.1, -0.05) is 49.6 Å². The van der Waals surface area contributed by atoms with Crippen LogP contribution in [-0.4, -0.2) is 54.3 Å². The first-order chi connectivity index (χ1) is 16.9. The highest BCUT2D eigenvalue weighted by Crippen LogP contribution is 2.29. The molecule has 3 unspecified atom stereocenters. The summed E-state index contributed by atoms with van der Waals surface area (Å²) in [6, 6.07) is 7.58. The lowest BCUT2D eigenvalue weighted by Gasteiger charge is -2.35. The number of hydrogen-bond acceptors (Lipinski definition) is 7. The van der Waals surface area contributed by atoms with Crippen molar-refractivity contribution in [1.29, 1.82) is 0 Å². The molecule has 192 valence electrons. The minimum Gasteiger partial charge on any atom is -0.396 e. The van der Waals surface area contributed by atoms with Crippen molar-refractivity contribution in [1.82, 2.24) is 20.9 Å². The molecule has 0 radical (unpaired) electrons. The van der Waals surface area contributed by atoms with E-state index in [0.29, 0.717) is 30.1 Å². The molecule has 3 atom stereocenters. The normalized spacial score (nSPS) is 21.1. The van der Waals surface area contributed by atoms with Crippen LogP contribution in [0.1, 0.15) is 57.4 Å². The smallest absolute Gasteiger partial charge is 0.247 e. The maximum Gasteiger partial charge on any atom is 0.247 e. The highest BCUT2D eigenvalue weighted by atomic mass is 32.2. The SMILES string of the molecule is CNC(C)C(=O)NC(C(=O)N1CCCC1C(=O)N/C(SN)=C(/N)c1ccccc1)C1CCCCC1. The lowest BCUT2D eigenvalue weighted by Crippen LogP contribution is -2.58. The molecule has 3 rings (SSSR count). The third-order valence-corrected chi connectivity index (χ3v) is 7.59. The third kappa shape index (κ3) is 6.77. The van der Waals surface area contributed by atoms with Gasteiger partial charge in [0.25, 0.3) is 0 Å². The fourth-order valence-corrected chi connectivity index (χ4v) is 5.25. The minimum atomic E-state index is -0.641. The second-order valence-electron chi connectivity index (χ2n) is 9.30. The number of carbonyl (C=O) groups excluding carboxylic acids is 3. The van der Waals surface area contributed by atoms with E-state index in [1.807, 2.05) is 30.3 Å². The van der Waals surface area contributed by atoms with Crippen LogP contribution in [0.25, 0.3) is 5.70 Å². The number of hydrogen-bond donors (Lipinski definition) is 5. The highest BCUT2D eigenvalue weighted by molar-refractivity contribution is 8.01. The van der Waals surface area contributed by atoms with Crippen LogP contribution >= 0.6 is 11.9 Å². The van der Waals surface area contributed by atoms with E-state index >= 15 is 0 Å². The van der Waals surface area contributed by atoms with Crippen molar-refractivity contribution in [2.75, 3.05) is 13.6 Å². The lowest BCUT2D eigenvalue weighted by molar-refractivity contribution is -0.143. The van der Waals surface area contributed by atoms with Crippen LogP contribution < -0.4 is 26.8 Å². The Bertz CT molecular complexity index is 919. The number of benzene rings is 1. The highest BCUT2D eigenvalue weighted by Gasteiger charge is 2.41. The first-order valence-electron chi connectivity index (χ1n) is 12.4. The molecule has 1 aliphatic carbocycles. The van der Waals surface area contributed by atoms with Gasteiger partial charge >= 0.3 is 0 Å².